The lowest BCUT2D eigenvalue weighted by molar-refractivity contribution is 0.224. The average Bonchev–Trinajstić information content (AvgIpc) is 2.57. The third-order valence-corrected chi connectivity index (χ3v) is 3.08. The average molecular weight is 216 g/mol. The second-order valence-corrected chi connectivity index (χ2v) is 3.85. The molecule has 2 rings (SSSR count). The molecule has 0 spiro atoms. The Morgan fingerprint density at radius 3 is 2.69 bits per heavy atom. The van der Waals surface area contributed by atoms with Crippen molar-refractivity contribution in [2.45, 2.75) is 13.8 Å². The third-order valence-electron chi connectivity index (χ3n) is 3.08. The fourth-order valence-electron chi connectivity index (χ4n) is 2.13. The highest BCUT2D eigenvalue weighted by Gasteiger charge is 2.13. The molecule has 3 nitrogen and oxygen atoms in total. The minimum atomic E-state index is 0.745. The summed E-state index contributed by atoms with van der Waals surface area (Å²) >= 11 is 0. The lowest BCUT2D eigenvalue weighted by Crippen LogP contribution is -2.06. The Kier molecular flexibility index (Phi) is 2.71. The highest BCUT2D eigenvalue weighted by atomic mass is 16.5. The van der Waals surface area contributed by atoms with E-state index in [1.54, 1.807) is 0 Å². The normalized spacial score (nSPS) is 12.1. The molecule has 0 atom stereocenters. The van der Waals surface area contributed by atoms with Crippen molar-refractivity contribution in [3.63, 3.8) is 0 Å². The molecule has 2 N–H and O–H groups in total. The molecule has 2 aromatic rings. The van der Waals surface area contributed by atoms with E-state index in [1.807, 2.05) is 32.2 Å². The maximum Gasteiger partial charge on any atom is 0.0656 e. The predicted octanol–water partition coefficient (Wildman–Crippen LogP) is 2.83. The highest BCUT2D eigenvalue weighted by molar-refractivity contribution is 5.94. The number of nitrogens with one attached hydrogen (secondary N) is 1. The molecule has 0 saturated heterocycles. The molecule has 0 saturated carbocycles. The number of nitrogens with zero attached hydrogens (tertiary/aromatic N) is 1. The van der Waals surface area contributed by atoms with Crippen LogP contribution in [0.2, 0.25) is 0 Å². The summed E-state index contributed by atoms with van der Waals surface area (Å²) in [6.07, 6.45) is 1.87. The molecule has 0 aliphatic rings. The standard InChI is InChI=1S/C13H16N2O/c1-4-11(14-16)13-9(2)15(3)12-8-6-5-7-10(12)13/h4-8,14,16H,1-3H3/b11-4+. The molecule has 84 valence electrons. The van der Waals surface area contributed by atoms with E-state index in [1.165, 1.54) is 5.52 Å². The molecule has 0 fully saturated rings. The Bertz CT molecular complexity index is 552. The van der Waals surface area contributed by atoms with Crippen LogP contribution in [0.1, 0.15) is 18.2 Å². The van der Waals surface area contributed by atoms with E-state index in [4.69, 9.17) is 5.21 Å². The molecule has 1 aromatic carbocycles. The first kappa shape index (κ1) is 10.8. The second kappa shape index (κ2) is 4.02. The summed E-state index contributed by atoms with van der Waals surface area (Å²) in [7, 11) is 2.03. The Labute approximate surface area is 95.0 Å². The number of para-hydroxylation sites is 1. The Morgan fingerprint density at radius 1 is 1.38 bits per heavy atom. The summed E-state index contributed by atoms with van der Waals surface area (Å²) in [6, 6.07) is 8.18. The number of hydrogen-bond acceptors (Lipinski definition) is 2. The van der Waals surface area contributed by atoms with Crippen molar-refractivity contribution in [2.75, 3.05) is 0 Å². The quantitative estimate of drug-likeness (QED) is 0.757. The molecule has 0 bridgehead atoms. The van der Waals surface area contributed by atoms with E-state index in [0.29, 0.717) is 0 Å². The van der Waals surface area contributed by atoms with Gasteiger partial charge in [-0.2, -0.15) is 0 Å². The van der Waals surface area contributed by atoms with Crippen molar-refractivity contribution in [1.29, 1.82) is 0 Å². The lowest BCUT2D eigenvalue weighted by atomic mass is 10.1. The van der Waals surface area contributed by atoms with Gasteiger partial charge >= 0.3 is 0 Å². The fourth-order valence-corrected chi connectivity index (χ4v) is 2.13. The van der Waals surface area contributed by atoms with E-state index in [0.717, 1.165) is 22.3 Å². The number of rotatable bonds is 2. The topological polar surface area (TPSA) is 37.2 Å². The molecule has 0 radical (unpaired) electrons. The van der Waals surface area contributed by atoms with Crippen LogP contribution in [0, 0.1) is 6.92 Å². The van der Waals surface area contributed by atoms with Crippen molar-refractivity contribution >= 4 is 16.6 Å². The van der Waals surface area contributed by atoms with Gasteiger partial charge in [-0.05, 0) is 19.9 Å². The number of benzene rings is 1. The number of hydrogen-bond donors (Lipinski definition) is 2. The summed E-state index contributed by atoms with van der Waals surface area (Å²) in [5.74, 6) is 0. The predicted molar refractivity (Wildman–Crippen MR) is 66.2 cm³/mol. The van der Waals surface area contributed by atoms with Crippen LogP contribution in [-0.4, -0.2) is 9.77 Å². The van der Waals surface area contributed by atoms with Gasteiger partial charge in [-0.3, -0.25) is 10.7 Å². The van der Waals surface area contributed by atoms with Gasteiger partial charge in [0.05, 0.1) is 5.70 Å². The number of allylic oxidation sites excluding steroid dienone is 1. The van der Waals surface area contributed by atoms with Crippen LogP contribution in [0.5, 0.6) is 0 Å². The van der Waals surface area contributed by atoms with Gasteiger partial charge in [0.2, 0.25) is 0 Å². The molecule has 1 heterocycles. The van der Waals surface area contributed by atoms with Gasteiger partial charge in [-0.1, -0.05) is 24.3 Å². The zero-order valence-electron chi connectivity index (χ0n) is 9.78. The van der Waals surface area contributed by atoms with Crippen LogP contribution in [0.15, 0.2) is 30.3 Å². The van der Waals surface area contributed by atoms with Gasteiger partial charge in [0.25, 0.3) is 0 Å². The van der Waals surface area contributed by atoms with Crippen molar-refractivity contribution in [1.82, 2.24) is 10.0 Å². The van der Waals surface area contributed by atoms with E-state index in [9.17, 15) is 0 Å². The maximum absolute atomic E-state index is 9.15. The van der Waals surface area contributed by atoms with Gasteiger partial charge < -0.3 is 4.57 Å². The first-order chi connectivity index (χ1) is 7.70. The van der Waals surface area contributed by atoms with Crippen LogP contribution in [0.25, 0.3) is 16.6 Å². The Balaban J connectivity index is 2.83. The first-order valence-electron chi connectivity index (χ1n) is 5.31. The lowest BCUT2D eigenvalue weighted by Gasteiger charge is -2.05. The molecule has 0 aliphatic carbocycles. The smallest absolute Gasteiger partial charge is 0.0656 e. The van der Waals surface area contributed by atoms with Crippen molar-refractivity contribution in [2.24, 2.45) is 7.05 Å². The van der Waals surface area contributed by atoms with E-state index < -0.39 is 0 Å². The Morgan fingerprint density at radius 2 is 2.06 bits per heavy atom. The van der Waals surface area contributed by atoms with Crippen LogP contribution in [0.3, 0.4) is 0 Å². The summed E-state index contributed by atoms with van der Waals surface area (Å²) in [5, 5.41) is 10.3. The zero-order valence-corrected chi connectivity index (χ0v) is 9.78. The molecule has 1 aromatic heterocycles. The first-order valence-corrected chi connectivity index (χ1v) is 5.31. The summed E-state index contributed by atoms with van der Waals surface area (Å²) in [4.78, 5) is 0. The van der Waals surface area contributed by atoms with Gasteiger partial charge in [0, 0.05) is 29.2 Å². The number of fused-ring (bicyclic) bond motifs is 1. The van der Waals surface area contributed by atoms with Crippen LogP contribution >= 0.6 is 0 Å². The molecule has 16 heavy (non-hydrogen) atoms. The van der Waals surface area contributed by atoms with Gasteiger partial charge in [0.1, 0.15) is 0 Å². The summed E-state index contributed by atoms with van der Waals surface area (Å²) in [6.45, 7) is 3.95. The largest absolute Gasteiger partial charge is 0.347 e. The zero-order chi connectivity index (χ0) is 11.7. The van der Waals surface area contributed by atoms with Crippen molar-refractivity contribution in [3.8, 4) is 0 Å². The monoisotopic (exact) mass is 216 g/mol. The van der Waals surface area contributed by atoms with E-state index in [2.05, 4.69) is 29.1 Å². The van der Waals surface area contributed by atoms with Crippen molar-refractivity contribution < 1.29 is 5.21 Å². The molecule has 3 heteroatoms. The Hall–Kier alpha value is -1.74. The molecular weight excluding hydrogens is 200 g/mol. The van der Waals surface area contributed by atoms with Gasteiger partial charge in [-0.25, -0.2) is 0 Å². The molecular formula is C13H16N2O. The van der Waals surface area contributed by atoms with Crippen LogP contribution in [0.4, 0.5) is 0 Å². The van der Waals surface area contributed by atoms with Gasteiger partial charge in [0.15, 0.2) is 0 Å². The van der Waals surface area contributed by atoms with E-state index in [-0.39, 0.29) is 0 Å². The van der Waals surface area contributed by atoms with Crippen LogP contribution in [-0.2, 0) is 7.05 Å². The fraction of sp³-hybridized carbons (Fsp3) is 0.231. The highest BCUT2D eigenvalue weighted by Crippen LogP contribution is 2.29. The number of hydroxylamine groups is 1. The molecule has 0 amide bonds. The van der Waals surface area contributed by atoms with Gasteiger partial charge in [-0.15, -0.1) is 0 Å². The van der Waals surface area contributed by atoms with E-state index >= 15 is 0 Å². The molecule has 0 unspecified atom stereocenters. The maximum atomic E-state index is 9.15. The number of aromatic nitrogens is 1. The molecule has 0 aliphatic heterocycles. The summed E-state index contributed by atoms with van der Waals surface area (Å²) in [5.41, 5.74) is 6.37. The summed E-state index contributed by atoms with van der Waals surface area (Å²) < 4.78 is 2.13. The van der Waals surface area contributed by atoms with Crippen molar-refractivity contribution in [3.05, 3.63) is 41.6 Å². The van der Waals surface area contributed by atoms with Crippen LogP contribution < -0.4 is 5.48 Å². The minimum Gasteiger partial charge on any atom is -0.347 e. The second-order valence-electron chi connectivity index (χ2n) is 3.85. The minimum absolute atomic E-state index is 0.745. The third kappa shape index (κ3) is 1.41. The SMILES string of the molecule is C/C=C(/NO)c1c(C)n(C)c2ccccc12. The number of aryl methyl sites for hydroxylation is 1.